The largest absolute Gasteiger partial charge is 0.550 e. The second-order valence-corrected chi connectivity index (χ2v) is 8.75. The van der Waals surface area contributed by atoms with Crippen molar-refractivity contribution in [2.75, 3.05) is 5.32 Å². The maximum atomic E-state index is 12.8. The molecule has 30 heavy (non-hydrogen) atoms. The molecule has 0 radical (unpaired) electrons. The molecule has 0 fully saturated rings. The first kappa shape index (κ1) is 22.0. The van der Waals surface area contributed by atoms with Crippen LogP contribution in [-0.2, 0) is 22.6 Å². The molecule has 9 heteroatoms. The molecule has 1 unspecified atom stereocenters. The van der Waals surface area contributed by atoms with Gasteiger partial charge in [-0.3, -0.25) is 14.2 Å². The zero-order chi connectivity index (χ0) is 21.7. The molecule has 0 saturated heterocycles. The van der Waals surface area contributed by atoms with E-state index in [0.29, 0.717) is 27.5 Å². The fourth-order valence-corrected chi connectivity index (χ4v) is 4.73. The van der Waals surface area contributed by atoms with Crippen LogP contribution in [0, 0.1) is 0 Å². The van der Waals surface area contributed by atoms with Crippen molar-refractivity contribution < 1.29 is 14.7 Å². The number of aliphatic carboxylic acids is 1. The number of hydrogen-bond acceptors (Lipinski definition) is 7. The molecule has 1 amide bonds. The highest BCUT2D eigenvalue weighted by Gasteiger charge is 2.22. The minimum atomic E-state index is -1.25. The maximum absolute atomic E-state index is 12.8. The van der Waals surface area contributed by atoms with Gasteiger partial charge in [0.2, 0.25) is 5.91 Å². The molecule has 1 aromatic carbocycles. The number of fused-ring (bicyclic) bond motifs is 1. The Kier molecular flexibility index (Phi) is 7.28. The SMILES string of the molecule is CCc1ccc(NC(=O)C(CC)Sc2nc3ccsc3c(=O)n2CCC(=O)[O-])cc1. The summed E-state index contributed by atoms with van der Waals surface area (Å²) in [5.74, 6) is -1.44. The van der Waals surface area contributed by atoms with Crippen LogP contribution in [-0.4, -0.2) is 26.7 Å². The van der Waals surface area contributed by atoms with Gasteiger partial charge < -0.3 is 15.2 Å². The number of carbonyl (C=O) groups excluding carboxylic acids is 2. The van der Waals surface area contributed by atoms with Crippen LogP contribution >= 0.6 is 23.1 Å². The Hall–Kier alpha value is -2.65. The highest BCUT2D eigenvalue weighted by molar-refractivity contribution is 8.00. The quantitative estimate of drug-likeness (QED) is 0.402. The molecule has 3 aromatic rings. The van der Waals surface area contributed by atoms with Crippen molar-refractivity contribution in [2.45, 2.75) is 50.1 Å². The van der Waals surface area contributed by atoms with Crippen LogP contribution in [0.15, 0.2) is 45.7 Å². The fraction of sp³-hybridized carbons (Fsp3) is 0.333. The number of carboxylic acid groups (broad SMARTS) is 1. The van der Waals surface area contributed by atoms with Crippen molar-refractivity contribution >= 4 is 50.9 Å². The molecule has 1 atom stereocenters. The van der Waals surface area contributed by atoms with Crippen molar-refractivity contribution in [3.05, 3.63) is 51.6 Å². The third-order valence-electron chi connectivity index (χ3n) is 4.61. The van der Waals surface area contributed by atoms with E-state index in [1.807, 2.05) is 31.2 Å². The van der Waals surface area contributed by atoms with E-state index in [1.165, 1.54) is 33.2 Å². The van der Waals surface area contributed by atoms with Gasteiger partial charge in [-0.25, -0.2) is 4.98 Å². The first-order valence-corrected chi connectivity index (χ1v) is 11.4. The molecule has 2 aromatic heterocycles. The van der Waals surface area contributed by atoms with Gasteiger partial charge in [-0.15, -0.1) is 11.3 Å². The summed E-state index contributed by atoms with van der Waals surface area (Å²) in [5, 5.41) is 15.4. The highest BCUT2D eigenvalue weighted by atomic mass is 32.2. The van der Waals surface area contributed by atoms with Gasteiger partial charge in [0.1, 0.15) is 4.70 Å². The number of nitrogens with one attached hydrogen (secondary N) is 1. The molecule has 0 spiro atoms. The molecule has 2 heterocycles. The number of amides is 1. The van der Waals surface area contributed by atoms with Gasteiger partial charge in [-0.05, 0) is 42.0 Å². The van der Waals surface area contributed by atoms with E-state index in [1.54, 1.807) is 11.4 Å². The summed E-state index contributed by atoms with van der Waals surface area (Å²) in [6.07, 6.45) is 1.13. The number of aromatic nitrogens is 2. The van der Waals surface area contributed by atoms with Gasteiger partial charge >= 0.3 is 0 Å². The number of hydrogen-bond donors (Lipinski definition) is 1. The second kappa shape index (κ2) is 9.90. The lowest BCUT2D eigenvalue weighted by molar-refractivity contribution is -0.306. The van der Waals surface area contributed by atoms with E-state index in [-0.39, 0.29) is 24.4 Å². The summed E-state index contributed by atoms with van der Waals surface area (Å²) >= 11 is 2.42. The van der Waals surface area contributed by atoms with E-state index in [2.05, 4.69) is 17.2 Å². The van der Waals surface area contributed by atoms with Crippen molar-refractivity contribution in [2.24, 2.45) is 0 Å². The normalized spacial score (nSPS) is 12.1. The zero-order valence-electron chi connectivity index (χ0n) is 16.7. The second-order valence-electron chi connectivity index (χ2n) is 6.66. The minimum absolute atomic E-state index is 0.0547. The number of anilines is 1. The van der Waals surface area contributed by atoms with Crippen molar-refractivity contribution in [3.63, 3.8) is 0 Å². The molecule has 0 bridgehead atoms. The predicted octanol–water partition coefficient (Wildman–Crippen LogP) is 2.67. The predicted molar refractivity (Wildman–Crippen MR) is 118 cm³/mol. The summed E-state index contributed by atoms with van der Waals surface area (Å²) in [6.45, 7) is 3.89. The van der Waals surface area contributed by atoms with Crippen LogP contribution in [0.25, 0.3) is 10.2 Å². The van der Waals surface area contributed by atoms with E-state index in [4.69, 9.17) is 0 Å². The van der Waals surface area contributed by atoms with Crippen molar-refractivity contribution in [3.8, 4) is 0 Å². The number of rotatable bonds is 9. The molecule has 1 N–H and O–H groups in total. The number of carbonyl (C=O) groups is 2. The van der Waals surface area contributed by atoms with Gasteiger partial charge in [0.25, 0.3) is 5.56 Å². The Morgan fingerprint density at radius 1 is 1.23 bits per heavy atom. The number of thiophene rings is 1. The van der Waals surface area contributed by atoms with Gasteiger partial charge in [-0.1, -0.05) is 37.7 Å². The topological polar surface area (TPSA) is 104 Å². The van der Waals surface area contributed by atoms with Crippen LogP contribution in [0.2, 0.25) is 0 Å². The number of aryl methyl sites for hydroxylation is 1. The molecule has 0 aliphatic heterocycles. The fourth-order valence-electron chi connectivity index (χ4n) is 2.91. The molecule has 7 nitrogen and oxygen atoms in total. The molecule has 3 rings (SSSR count). The Labute approximate surface area is 182 Å². The monoisotopic (exact) mass is 444 g/mol. The van der Waals surface area contributed by atoms with Crippen molar-refractivity contribution in [1.29, 1.82) is 0 Å². The lowest BCUT2D eigenvalue weighted by Crippen LogP contribution is -2.30. The van der Waals surface area contributed by atoms with Crippen molar-refractivity contribution in [1.82, 2.24) is 9.55 Å². The third kappa shape index (κ3) is 5.09. The summed E-state index contributed by atoms with van der Waals surface area (Å²) in [4.78, 5) is 41.1. The molecule has 0 saturated carbocycles. The van der Waals surface area contributed by atoms with E-state index in [9.17, 15) is 19.5 Å². The van der Waals surface area contributed by atoms with Gasteiger partial charge in [-0.2, -0.15) is 0 Å². The number of nitrogens with zero attached hydrogens (tertiary/aromatic N) is 2. The van der Waals surface area contributed by atoms with Crippen LogP contribution < -0.4 is 16.0 Å². The maximum Gasteiger partial charge on any atom is 0.272 e. The molecule has 0 aliphatic carbocycles. The summed E-state index contributed by atoms with van der Waals surface area (Å²) in [5.41, 5.74) is 2.12. The van der Waals surface area contributed by atoms with E-state index in [0.717, 1.165) is 6.42 Å². The Morgan fingerprint density at radius 3 is 2.60 bits per heavy atom. The Balaban J connectivity index is 1.85. The Morgan fingerprint density at radius 2 is 1.97 bits per heavy atom. The minimum Gasteiger partial charge on any atom is -0.550 e. The average Bonchev–Trinajstić information content (AvgIpc) is 3.20. The van der Waals surface area contributed by atoms with Gasteiger partial charge in [0.15, 0.2) is 5.16 Å². The van der Waals surface area contributed by atoms with Crippen LogP contribution in [0.5, 0.6) is 0 Å². The first-order chi connectivity index (χ1) is 14.4. The lowest BCUT2D eigenvalue weighted by atomic mass is 10.1. The van der Waals surface area contributed by atoms with Gasteiger partial charge in [0, 0.05) is 24.6 Å². The van der Waals surface area contributed by atoms with E-state index < -0.39 is 11.2 Å². The molecule has 158 valence electrons. The zero-order valence-corrected chi connectivity index (χ0v) is 18.3. The lowest BCUT2D eigenvalue weighted by Gasteiger charge is -2.18. The van der Waals surface area contributed by atoms with Gasteiger partial charge in [0.05, 0.1) is 10.8 Å². The number of thioether (sulfide) groups is 1. The summed E-state index contributed by atoms with van der Waals surface area (Å²) in [6, 6.07) is 9.39. The Bertz CT molecular complexity index is 1110. The van der Waals surface area contributed by atoms with Crippen LogP contribution in [0.3, 0.4) is 0 Å². The number of benzene rings is 1. The average molecular weight is 445 g/mol. The molecular weight excluding hydrogens is 422 g/mol. The summed E-state index contributed by atoms with van der Waals surface area (Å²) < 4.78 is 1.79. The standard InChI is InChI=1S/C21H23N3O4S2/c1-3-13-5-7-14(8-6-13)22-19(27)16(4-2)30-21-23-15-10-12-29-18(15)20(28)24(21)11-9-17(25)26/h5-8,10,12,16H,3-4,9,11H2,1-2H3,(H,22,27)(H,25,26)/p-1. The third-order valence-corrected chi connectivity index (χ3v) is 6.86. The molecular formula is C21H22N3O4S2-. The first-order valence-electron chi connectivity index (χ1n) is 9.67. The van der Waals surface area contributed by atoms with E-state index >= 15 is 0 Å². The van der Waals surface area contributed by atoms with Crippen LogP contribution in [0.1, 0.15) is 32.3 Å². The molecule has 0 aliphatic rings. The number of carboxylic acids is 1. The highest BCUT2D eigenvalue weighted by Crippen LogP contribution is 2.27. The van der Waals surface area contributed by atoms with Crippen LogP contribution in [0.4, 0.5) is 5.69 Å². The smallest absolute Gasteiger partial charge is 0.272 e. The summed E-state index contributed by atoms with van der Waals surface area (Å²) in [7, 11) is 0.